The van der Waals surface area contributed by atoms with E-state index >= 15 is 0 Å². The van der Waals surface area contributed by atoms with E-state index in [1.165, 1.54) is 11.1 Å². The van der Waals surface area contributed by atoms with Gasteiger partial charge in [-0.05, 0) is 55.7 Å². The molecule has 15 heavy (non-hydrogen) atoms. The Morgan fingerprint density at radius 1 is 1.33 bits per heavy atom. The topological polar surface area (TPSA) is 20.2 Å². The van der Waals surface area contributed by atoms with Crippen LogP contribution in [0.15, 0.2) is 18.2 Å². The molecule has 0 amide bonds. The van der Waals surface area contributed by atoms with Crippen molar-refractivity contribution in [3.63, 3.8) is 0 Å². The van der Waals surface area contributed by atoms with Gasteiger partial charge in [0, 0.05) is 0 Å². The van der Waals surface area contributed by atoms with Crippen molar-refractivity contribution in [2.24, 2.45) is 5.92 Å². The maximum Gasteiger partial charge on any atom is 0.0924 e. The van der Waals surface area contributed by atoms with Gasteiger partial charge in [0.05, 0.1) is 5.60 Å². The lowest BCUT2D eigenvalue weighted by atomic mass is 9.82. The predicted molar refractivity (Wildman–Crippen MR) is 62.8 cm³/mol. The third-order valence-electron chi connectivity index (χ3n) is 4.08. The van der Waals surface area contributed by atoms with Crippen molar-refractivity contribution in [1.29, 1.82) is 0 Å². The molecule has 1 saturated carbocycles. The minimum absolute atomic E-state index is 0.387. The third-order valence-corrected chi connectivity index (χ3v) is 4.08. The first-order valence-corrected chi connectivity index (χ1v) is 5.85. The quantitative estimate of drug-likeness (QED) is 0.744. The lowest BCUT2D eigenvalue weighted by Gasteiger charge is -2.30. The second-order valence-corrected chi connectivity index (χ2v) is 4.97. The summed E-state index contributed by atoms with van der Waals surface area (Å²) in [6.07, 6.45) is 3.20. The second kappa shape index (κ2) is 3.64. The van der Waals surface area contributed by atoms with Crippen LogP contribution in [0.5, 0.6) is 0 Å². The van der Waals surface area contributed by atoms with Gasteiger partial charge < -0.3 is 5.11 Å². The lowest BCUT2D eigenvalue weighted by Crippen LogP contribution is -2.29. The summed E-state index contributed by atoms with van der Waals surface area (Å²) >= 11 is 0. The molecule has 0 spiro atoms. The van der Waals surface area contributed by atoms with Gasteiger partial charge in [-0.15, -0.1) is 0 Å². The molecule has 2 atom stereocenters. The molecular formula is C14H20O. The Hall–Kier alpha value is -0.820. The average Bonchev–Trinajstić information content (AvgIpc) is 2.53. The fourth-order valence-corrected chi connectivity index (χ4v) is 2.78. The zero-order chi connectivity index (χ0) is 11.1. The van der Waals surface area contributed by atoms with Crippen LogP contribution in [-0.4, -0.2) is 5.11 Å². The summed E-state index contributed by atoms with van der Waals surface area (Å²) in [6.45, 7) is 6.39. The van der Waals surface area contributed by atoms with E-state index in [4.69, 9.17) is 0 Å². The minimum atomic E-state index is -0.573. The van der Waals surface area contributed by atoms with Gasteiger partial charge in [0.1, 0.15) is 0 Å². The van der Waals surface area contributed by atoms with Gasteiger partial charge >= 0.3 is 0 Å². The highest BCUT2D eigenvalue weighted by Gasteiger charge is 2.40. The molecule has 1 nitrogen and oxygen atoms in total. The van der Waals surface area contributed by atoms with Crippen molar-refractivity contribution in [3.8, 4) is 0 Å². The fraction of sp³-hybridized carbons (Fsp3) is 0.571. The summed E-state index contributed by atoms with van der Waals surface area (Å²) in [7, 11) is 0. The third kappa shape index (κ3) is 1.59. The molecule has 0 radical (unpaired) electrons. The van der Waals surface area contributed by atoms with E-state index in [1.807, 2.05) is 0 Å². The van der Waals surface area contributed by atoms with Gasteiger partial charge in [0.2, 0.25) is 0 Å². The molecule has 1 aromatic carbocycles. The Balaban J connectivity index is 2.49. The zero-order valence-corrected chi connectivity index (χ0v) is 9.88. The van der Waals surface area contributed by atoms with E-state index in [0.717, 1.165) is 24.8 Å². The second-order valence-electron chi connectivity index (χ2n) is 4.97. The van der Waals surface area contributed by atoms with Gasteiger partial charge in [0.15, 0.2) is 0 Å². The monoisotopic (exact) mass is 204 g/mol. The number of aryl methyl sites for hydroxylation is 1. The molecule has 1 aliphatic rings. The SMILES string of the molecule is Cc1cccc(C2(O)CCCC2C)c1C. The summed E-state index contributed by atoms with van der Waals surface area (Å²) in [5, 5.41) is 10.7. The van der Waals surface area contributed by atoms with Crippen LogP contribution in [0.25, 0.3) is 0 Å². The van der Waals surface area contributed by atoms with E-state index < -0.39 is 5.60 Å². The van der Waals surface area contributed by atoms with Crippen molar-refractivity contribution in [2.45, 2.75) is 45.6 Å². The first-order valence-electron chi connectivity index (χ1n) is 5.85. The molecule has 2 rings (SSSR count). The summed E-state index contributed by atoms with van der Waals surface area (Å²) < 4.78 is 0. The van der Waals surface area contributed by atoms with Crippen molar-refractivity contribution in [1.82, 2.24) is 0 Å². The van der Waals surface area contributed by atoms with Crippen LogP contribution in [0, 0.1) is 19.8 Å². The first-order chi connectivity index (χ1) is 7.05. The smallest absolute Gasteiger partial charge is 0.0924 e. The highest BCUT2D eigenvalue weighted by Crippen LogP contribution is 2.44. The Morgan fingerprint density at radius 3 is 2.67 bits per heavy atom. The number of rotatable bonds is 1. The van der Waals surface area contributed by atoms with Gasteiger partial charge in [-0.2, -0.15) is 0 Å². The highest BCUT2D eigenvalue weighted by atomic mass is 16.3. The van der Waals surface area contributed by atoms with Crippen LogP contribution in [0.1, 0.15) is 42.9 Å². The van der Waals surface area contributed by atoms with Crippen LogP contribution >= 0.6 is 0 Å². The van der Waals surface area contributed by atoms with Gasteiger partial charge in [-0.1, -0.05) is 25.1 Å². The first kappa shape index (κ1) is 10.7. The normalized spacial score (nSPS) is 30.8. The number of hydrogen-bond donors (Lipinski definition) is 1. The van der Waals surface area contributed by atoms with Crippen molar-refractivity contribution in [2.75, 3.05) is 0 Å². The van der Waals surface area contributed by atoms with Crippen molar-refractivity contribution in [3.05, 3.63) is 34.9 Å². The summed E-state index contributed by atoms with van der Waals surface area (Å²) in [6, 6.07) is 6.26. The number of benzene rings is 1. The van der Waals surface area contributed by atoms with Gasteiger partial charge in [-0.3, -0.25) is 0 Å². The summed E-state index contributed by atoms with van der Waals surface area (Å²) in [5.74, 6) is 0.387. The molecular weight excluding hydrogens is 184 g/mol. The van der Waals surface area contributed by atoms with Gasteiger partial charge in [-0.25, -0.2) is 0 Å². The lowest BCUT2D eigenvalue weighted by molar-refractivity contribution is 0.00385. The largest absolute Gasteiger partial charge is 0.385 e. The molecule has 0 saturated heterocycles. The molecule has 0 aromatic heterocycles. The van der Waals surface area contributed by atoms with Crippen LogP contribution in [0.4, 0.5) is 0 Å². The van der Waals surface area contributed by atoms with Crippen molar-refractivity contribution < 1.29 is 5.11 Å². The van der Waals surface area contributed by atoms with E-state index in [1.54, 1.807) is 0 Å². The van der Waals surface area contributed by atoms with E-state index in [0.29, 0.717) is 5.92 Å². The molecule has 0 heterocycles. The maximum absolute atomic E-state index is 10.7. The Kier molecular flexibility index (Phi) is 2.59. The molecule has 1 aromatic rings. The molecule has 2 unspecified atom stereocenters. The molecule has 0 aliphatic heterocycles. The molecule has 1 fully saturated rings. The molecule has 0 bridgehead atoms. The fourth-order valence-electron chi connectivity index (χ4n) is 2.78. The van der Waals surface area contributed by atoms with Crippen LogP contribution in [-0.2, 0) is 5.60 Å². The summed E-state index contributed by atoms with van der Waals surface area (Å²) in [5.41, 5.74) is 3.11. The standard InChI is InChI=1S/C14H20O/c1-10-6-4-8-13(12(10)3)14(15)9-5-7-11(14)2/h4,6,8,11,15H,5,7,9H2,1-3H3. The van der Waals surface area contributed by atoms with E-state index in [-0.39, 0.29) is 0 Å². The Morgan fingerprint density at radius 2 is 2.07 bits per heavy atom. The van der Waals surface area contributed by atoms with Gasteiger partial charge in [0.25, 0.3) is 0 Å². The molecule has 82 valence electrons. The maximum atomic E-state index is 10.7. The number of hydrogen-bond acceptors (Lipinski definition) is 1. The van der Waals surface area contributed by atoms with Crippen molar-refractivity contribution >= 4 is 0 Å². The minimum Gasteiger partial charge on any atom is -0.385 e. The molecule has 1 heteroatoms. The zero-order valence-electron chi connectivity index (χ0n) is 9.88. The Labute approximate surface area is 92.1 Å². The number of aliphatic hydroxyl groups is 1. The average molecular weight is 204 g/mol. The van der Waals surface area contributed by atoms with Crippen LogP contribution in [0.2, 0.25) is 0 Å². The molecule has 1 aliphatic carbocycles. The predicted octanol–water partition coefficient (Wildman–Crippen LogP) is 3.31. The van der Waals surface area contributed by atoms with Crippen LogP contribution < -0.4 is 0 Å². The van der Waals surface area contributed by atoms with E-state index in [2.05, 4.69) is 39.0 Å². The highest BCUT2D eigenvalue weighted by molar-refractivity contribution is 5.38. The molecule has 1 N–H and O–H groups in total. The Bertz CT molecular complexity index is 370. The van der Waals surface area contributed by atoms with Crippen LogP contribution in [0.3, 0.4) is 0 Å². The summed E-state index contributed by atoms with van der Waals surface area (Å²) in [4.78, 5) is 0. The van der Waals surface area contributed by atoms with E-state index in [9.17, 15) is 5.11 Å².